The minimum absolute atomic E-state index is 0.0749. The smallest absolute Gasteiger partial charge is 0.341 e. The van der Waals surface area contributed by atoms with Gasteiger partial charge in [-0.15, -0.1) is 4.40 Å². The number of nitrogens with zero attached hydrogens (tertiary/aromatic N) is 1. The minimum atomic E-state index is -5.16. The Morgan fingerprint density at radius 2 is 1.86 bits per heavy atom. The van der Waals surface area contributed by atoms with Crippen molar-refractivity contribution in [3.8, 4) is 0 Å². The number of carbonyl (C=O) groups is 3. The van der Waals surface area contributed by atoms with Crippen molar-refractivity contribution in [1.29, 1.82) is 0 Å². The van der Waals surface area contributed by atoms with E-state index in [1.807, 2.05) is 0 Å². The molecule has 2 aromatic carbocycles. The molecule has 1 heterocycles. The summed E-state index contributed by atoms with van der Waals surface area (Å²) in [6.45, 7) is 1.76. The topological polar surface area (TPSA) is 122 Å². The van der Waals surface area contributed by atoms with Gasteiger partial charge in [-0.05, 0) is 49.4 Å². The lowest BCUT2D eigenvalue weighted by Gasteiger charge is -2.38. The van der Waals surface area contributed by atoms with Crippen molar-refractivity contribution in [1.82, 2.24) is 0 Å². The van der Waals surface area contributed by atoms with Crippen molar-refractivity contribution < 1.29 is 36.0 Å². The molecule has 0 radical (unpaired) electrons. The number of fused-ring (bicyclic) bond motifs is 2. The summed E-state index contributed by atoms with van der Waals surface area (Å²) in [5.74, 6) is -4.63. The fourth-order valence-electron chi connectivity index (χ4n) is 4.89. The molecule has 12 heteroatoms. The van der Waals surface area contributed by atoms with Crippen LogP contribution in [0.2, 0.25) is 0 Å². The van der Waals surface area contributed by atoms with Gasteiger partial charge in [-0.1, -0.05) is 37.1 Å². The molecular weight excluding hydrogens is 511 g/mol. The zero-order chi connectivity index (χ0) is 26.8. The molecule has 0 saturated heterocycles. The third kappa shape index (κ3) is 4.43. The second-order valence-electron chi connectivity index (χ2n) is 9.76. The molecule has 8 nitrogen and oxygen atoms in total. The summed E-state index contributed by atoms with van der Waals surface area (Å²) < 4.78 is 67.5. The van der Waals surface area contributed by atoms with Gasteiger partial charge in [0.25, 0.3) is 10.0 Å². The molecule has 1 aliphatic heterocycles. The van der Waals surface area contributed by atoms with Gasteiger partial charge in [0.1, 0.15) is 16.6 Å². The van der Waals surface area contributed by atoms with Gasteiger partial charge in [-0.2, -0.15) is 21.6 Å². The van der Waals surface area contributed by atoms with Crippen molar-refractivity contribution in [3.63, 3.8) is 0 Å². The van der Waals surface area contributed by atoms with Gasteiger partial charge in [0.05, 0.1) is 11.1 Å². The van der Waals surface area contributed by atoms with Crippen LogP contribution in [0.25, 0.3) is 0 Å². The maximum atomic E-state index is 13.9. The van der Waals surface area contributed by atoms with Crippen LogP contribution in [-0.2, 0) is 25.0 Å². The summed E-state index contributed by atoms with van der Waals surface area (Å²) in [5.41, 5.74) is -0.585. The number of anilines is 2. The van der Waals surface area contributed by atoms with Crippen LogP contribution in [0.3, 0.4) is 0 Å². The van der Waals surface area contributed by atoms with Crippen molar-refractivity contribution in [3.05, 3.63) is 53.6 Å². The highest BCUT2D eigenvalue weighted by atomic mass is 32.2. The molecule has 1 saturated carbocycles. The molecule has 1 amide bonds. The predicted octanol–water partition coefficient (Wildman–Crippen LogP) is 4.23. The Hall–Kier alpha value is -3.54. The normalized spacial score (nSPS) is 24.4. The second kappa shape index (κ2) is 8.51. The molecule has 5 rings (SSSR count). The number of nitrogens with one attached hydrogen (secondary N) is 2. The van der Waals surface area contributed by atoms with E-state index in [4.69, 9.17) is 0 Å². The third-order valence-electron chi connectivity index (χ3n) is 7.13. The molecule has 0 aromatic heterocycles. The van der Waals surface area contributed by atoms with E-state index in [0.29, 0.717) is 23.5 Å². The zero-order valence-electron chi connectivity index (χ0n) is 19.6. The van der Waals surface area contributed by atoms with Crippen LogP contribution in [0.15, 0.2) is 51.8 Å². The maximum absolute atomic E-state index is 13.9. The SMILES string of the molecule is CC1(CCC2CC2)C(=O)C(C2=NS(=O)(=O)c3cc(NC(=O)C(F)(F)F)ccc3N2)C(=O)c2ccccc21. The predicted molar refractivity (Wildman–Crippen MR) is 128 cm³/mol. The summed E-state index contributed by atoms with van der Waals surface area (Å²) in [7, 11) is -4.52. The lowest BCUT2D eigenvalue weighted by Crippen LogP contribution is -2.51. The van der Waals surface area contributed by atoms with Gasteiger partial charge in [0, 0.05) is 11.3 Å². The summed E-state index contributed by atoms with van der Waals surface area (Å²) >= 11 is 0. The minimum Gasteiger partial charge on any atom is -0.341 e. The number of ketones is 2. The molecule has 194 valence electrons. The lowest BCUT2D eigenvalue weighted by molar-refractivity contribution is -0.167. The number of halogens is 3. The number of rotatable bonds is 5. The van der Waals surface area contributed by atoms with Crippen molar-refractivity contribution in [2.24, 2.45) is 16.2 Å². The summed E-state index contributed by atoms with van der Waals surface area (Å²) in [6, 6.07) is 9.83. The number of alkyl halides is 3. The number of amidine groups is 1. The molecule has 2 atom stereocenters. The van der Waals surface area contributed by atoms with E-state index in [1.54, 1.807) is 36.5 Å². The molecule has 0 bridgehead atoms. The quantitative estimate of drug-likeness (QED) is 0.555. The molecule has 2 aromatic rings. The average molecular weight is 534 g/mol. The highest BCUT2D eigenvalue weighted by molar-refractivity contribution is 7.90. The number of amides is 1. The first-order chi connectivity index (χ1) is 17.3. The van der Waals surface area contributed by atoms with Gasteiger partial charge in [0.15, 0.2) is 11.6 Å². The van der Waals surface area contributed by atoms with Crippen molar-refractivity contribution in [2.75, 3.05) is 10.6 Å². The van der Waals surface area contributed by atoms with E-state index in [9.17, 15) is 36.0 Å². The van der Waals surface area contributed by atoms with Gasteiger partial charge < -0.3 is 10.6 Å². The van der Waals surface area contributed by atoms with E-state index in [0.717, 1.165) is 37.5 Å². The molecule has 3 aliphatic rings. The molecule has 2 unspecified atom stereocenters. The highest BCUT2D eigenvalue weighted by Gasteiger charge is 2.52. The molecule has 2 N–H and O–H groups in total. The van der Waals surface area contributed by atoms with E-state index in [-0.39, 0.29) is 11.5 Å². The van der Waals surface area contributed by atoms with E-state index < -0.39 is 55.6 Å². The zero-order valence-corrected chi connectivity index (χ0v) is 20.4. The van der Waals surface area contributed by atoms with Crippen LogP contribution < -0.4 is 10.6 Å². The monoisotopic (exact) mass is 533 g/mol. The van der Waals surface area contributed by atoms with Crippen molar-refractivity contribution >= 4 is 44.7 Å². The Labute approximate surface area is 210 Å². The summed E-state index contributed by atoms with van der Waals surface area (Å²) in [5, 5.41) is 4.33. The van der Waals surface area contributed by atoms with Crippen LogP contribution in [0.1, 0.15) is 48.5 Å². The fraction of sp³-hybridized carbons (Fsp3) is 0.360. The Balaban J connectivity index is 1.51. The maximum Gasteiger partial charge on any atom is 0.471 e. The first-order valence-electron chi connectivity index (χ1n) is 11.6. The third-order valence-corrected chi connectivity index (χ3v) is 8.46. The second-order valence-corrected chi connectivity index (χ2v) is 11.3. The number of hydrogen-bond donors (Lipinski definition) is 2. The fourth-order valence-corrected chi connectivity index (χ4v) is 6.07. The van der Waals surface area contributed by atoms with E-state index in [2.05, 4.69) is 9.71 Å². The molecule has 37 heavy (non-hydrogen) atoms. The van der Waals surface area contributed by atoms with Crippen LogP contribution in [0.5, 0.6) is 0 Å². The first kappa shape index (κ1) is 25.1. The number of hydrogen-bond acceptors (Lipinski definition) is 6. The first-order valence-corrected chi connectivity index (χ1v) is 13.1. The van der Waals surface area contributed by atoms with Crippen LogP contribution in [0, 0.1) is 11.8 Å². The highest BCUT2D eigenvalue weighted by Crippen LogP contribution is 2.45. The standard InChI is InChI=1S/C25H22F3N3O5S/c1-24(11-10-13-6-7-13)16-5-3-2-4-15(16)20(32)19(21(24)33)22-30-17-9-8-14(29-23(34)25(26,27)28)12-18(17)37(35,36)31-22/h2-5,8-9,12-13,19H,6-7,10-11H2,1H3,(H,29,34)(H,30,31). The van der Waals surface area contributed by atoms with Crippen LogP contribution in [-0.4, -0.2) is 37.9 Å². The molecular formula is C25H22F3N3O5S. The Morgan fingerprint density at radius 3 is 2.54 bits per heavy atom. The summed E-state index contributed by atoms with van der Waals surface area (Å²) in [4.78, 5) is 38.1. The van der Waals surface area contributed by atoms with Gasteiger partial charge in [0.2, 0.25) is 0 Å². The number of carbonyl (C=O) groups excluding carboxylic acids is 3. The van der Waals surface area contributed by atoms with E-state index >= 15 is 0 Å². The van der Waals surface area contributed by atoms with Gasteiger partial charge in [-0.25, -0.2) is 0 Å². The van der Waals surface area contributed by atoms with Gasteiger partial charge >= 0.3 is 12.1 Å². The summed E-state index contributed by atoms with van der Waals surface area (Å²) in [6.07, 6.45) is -1.70. The van der Waals surface area contributed by atoms with Crippen LogP contribution >= 0.6 is 0 Å². The van der Waals surface area contributed by atoms with Crippen molar-refractivity contribution in [2.45, 2.75) is 49.1 Å². The number of Topliss-reactive ketones (excluding diaryl/α,β-unsaturated/α-hetero) is 2. The number of sulfonamides is 1. The molecule has 1 fully saturated rings. The lowest BCUT2D eigenvalue weighted by atomic mass is 9.63. The van der Waals surface area contributed by atoms with E-state index in [1.165, 1.54) is 0 Å². The largest absolute Gasteiger partial charge is 0.471 e. The van der Waals surface area contributed by atoms with Gasteiger partial charge in [-0.3, -0.25) is 14.4 Å². The molecule has 0 spiro atoms. The Morgan fingerprint density at radius 1 is 1.16 bits per heavy atom. The molecule has 2 aliphatic carbocycles. The Bertz CT molecular complexity index is 1480. The van der Waals surface area contributed by atoms with Crippen LogP contribution in [0.4, 0.5) is 24.5 Å². The number of benzene rings is 2. The Kier molecular flexibility index (Phi) is 5.78. The average Bonchev–Trinajstić information content (AvgIpc) is 3.66.